The number of carbonyl (C=O) groups excluding carboxylic acids is 1. The fourth-order valence-corrected chi connectivity index (χ4v) is 2.51. The maximum absolute atomic E-state index is 12.4. The van der Waals surface area contributed by atoms with Crippen molar-refractivity contribution < 1.29 is 19.1 Å². The minimum Gasteiger partial charge on any atom is -0.480 e. The average Bonchev–Trinajstić information content (AvgIpc) is 2.36. The molecule has 0 radical (unpaired) electrons. The molecule has 0 heterocycles. The number of hydrogen-bond acceptors (Lipinski definition) is 2. The van der Waals surface area contributed by atoms with Gasteiger partial charge in [-0.25, -0.2) is 9.18 Å². The van der Waals surface area contributed by atoms with Crippen molar-refractivity contribution in [2.75, 3.05) is 6.67 Å². The summed E-state index contributed by atoms with van der Waals surface area (Å²) >= 11 is 0. The highest BCUT2D eigenvalue weighted by atomic mass is 19.1. The number of alkyl halides is 1. The molecule has 0 saturated heterocycles. The van der Waals surface area contributed by atoms with Gasteiger partial charge in [-0.1, -0.05) is 39.0 Å². The van der Waals surface area contributed by atoms with Crippen molar-refractivity contribution in [1.82, 2.24) is 5.32 Å². The summed E-state index contributed by atoms with van der Waals surface area (Å²) < 4.78 is 12.4. The molecule has 0 aliphatic heterocycles. The van der Waals surface area contributed by atoms with Gasteiger partial charge in [-0.05, 0) is 12.3 Å². The standard InChI is InChI=1S/C13H22FNO3/c1-9(7-10-5-3-2-4-6-10)12(16)15-11(8-14)13(17)18/h9-11H,2-8H2,1H3,(H,15,16)(H,17,18). The number of carboxylic acids is 1. The van der Waals surface area contributed by atoms with Gasteiger partial charge in [0.05, 0.1) is 0 Å². The number of rotatable bonds is 6. The summed E-state index contributed by atoms with van der Waals surface area (Å²) in [5.74, 6) is -1.38. The van der Waals surface area contributed by atoms with Crippen molar-refractivity contribution >= 4 is 11.9 Å². The minimum absolute atomic E-state index is 0.249. The van der Waals surface area contributed by atoms with Crippen LogP contribution in [0.4, 0.5) is 4.39 Å². The van der Waals surface area contributed by atoms with E-state index in [1.54, 1.807) is 6.92 Å². The summed E-state index contributed by atoms with van der Waals surface area (Å²) in [6.07, 6.45) is 6.74. The molecule has 1 amide bonds. The van der Waals surface area contributed by atoms with Crippen LogP contribution in [0.3, 0.4) is 0 Å². The van der Waals surface area contributed by atoms with Crippen molar-refractivity contribution in [2.24, 2.45) is 11.8 Å². The predicted molar refractivity (Wildman–Crippen MR) is 65.9 cm³/mol. The molecule has 0 aromatic rings. The Morgan fingerprint density at radius 2 is 1.94 bits per heavy atom. The largest absolute Gasteiger partial charge is 0.480 e. The monoisotopic (exact) mass is 259 g/mol. The molecule has 1 fully saturated rings. The van der Waals surface area contributed by atoms with Gasteiger partial charge >= 0.3 is 5.97 Å². The zero-order chi connectivity index (χ0) is 13.5. The summed E-state index contributed by atoms with van der Waals surface area (Å²) in [5, 5.41) is 10.9. The second kappa shape index (κ2) is 7.34. The lowest BCUT2D eigenvalue weighted by molar-refractivity contribution is -0.142. The Morgan fingerprint density at radius 1 is 1.33 bits per heavy atom. The Kier molecular flexibility index (Phi) is 6.09. The first-order chi connectivity index (χ1) is 8.54. The first-order valence-electron chi connectivity index (χ1n) is 6.63. The van der Waals surface area contributed by atoms with Gasteiger partial charge in [-0.2, -0.15) is 0 Å². The Labute approximate surface area is 107 Å². The van der Waals surface area contributed by atoms with E-state index < -0.39 is 18.7 Å². The maximum atomic E-state index is 12.4. The van der Waals surface area contributed by atoms with Crippen LogP contribution in [0, 0.1) is 11.8 Å². The van der Waals surface area contributed by atoms with E-state index in [0.29, 0.717) is 5.92 Å². The molecule has 1 aliphatic carbocycles. The first-order valence-corrected chi connectivity index (χ1v) is 6.63. The Balaban J connectivity index is 2.37. The number of carboxylic acid groups (broad SMARTS) is 1. The van der Waals surface area contributed by atoms with Gasteiger partial charge in [0.1, 0.15) is 6.67 Å². The van der Waals surface area contributed by atoms with E-state index in [-0.39, 0.29) is 11.8 Å². The van der Waals surface area contributed by atoms with Crippen molar-refractivity contribution in [1.29, 1.82) is 0 Å². The lowest BCUT2D eigenvalue weighted by Crippen LogP contribution is -2.44. The molecular weight excluding hydrogens is 237 g/mol. The summed E-state index contributed by atoms with van der Waals surface area (Å²) in [5.41, 5.74) is 0. The van der Waals surface area contributed by atoms with Crippen LogP contribution in [0.15, 0.2) is 0 Å². The molecule has 0 bridgehead atoms. The van der Waals surface area contributed by atoms with Crippen molar-refractivity contribution in [3.8, 4) is 0 Å². The Morgan fingerprint density at radius 3 is 2.44 bits per heavy atom. The summed E-state index contributed by atoms with van der Waals surface area (Å²) in [7, 11) is 0. The number of hydrogen-bond donors (Lipinski definition) is 2. The smallest absolute Gasteiger partial charge is 0.328 e. The van der Waals surface area contributed by atoms with Crippen LogP contribution in [-0.4, -0.2) is 29.7 Å². The van der Waals surface area contributed by atoms with Gasteiger partial charge in [0, 0.05) is 5.92 Å². The van der Waals surface area contributed by atoms with Gasteiger partial charge in [0.25, 0.3) is 0 Å². The van der Waals surface area contributed by atoms with Gasteiger partial charge in [-0.3, -0.25) is 4.79 Å². The summed E-state index contributed by atoms with van der Waals surface area (Å²) in [4.78, 5) is 22.4. The molecule has 2 N–H and O–H groups in total. The fraction of sp³-hybridized carbons (Fsp3) is 0.846. The maximum Gasteiger partial charge on any atom is 0.328 e. The van der Waals surface area contributed by atoms with E-state index in [9.17, 15) is 14.0 Å². The van der Waals surface area contributed by atoms with Crippen LogP contribution < -0.4 is 5.32 Å². The molecule has 18 heavy (non-hydrogen) atoms. The van der Waals surface area contributed by atoms with Gasteiger partial charge in [0.2, 0.25) is 5.91 Å². The number of aliphatic carboxylic acids is 1. The predicted octanol–water partition coefficient (Wildman–Crippen LogP) is 2.13. The molecule has 4 nitrogen and oxygen atoms in total. The second-order valence-electron chi connectivity index (χ2n) is 5.19. The van der Waals surface area contributed by atoms with Crippen LogP contribution >= 0.6 is 0 Å². The van der Waals surface area contributed by atoms with Crippen LogP contribution in [0.1, 0.15) is 45.4 Å². The fourth-order valence-electron chi connectivity index (χ4n) is 2.51. The highest BCUT2D eigenvalue weighted by Crippen LogP contribution is 2.29. The number of amides is 1. The van der Waals surface area contributed by atoms with Gasteiger partial charge in [0.15, 0.2) is 6.04 Å². The second-order valence-corrected chi connectivity index (χ2v) is 5.19. The molecular formula is C13H22FNO3. The lowest BCUT2D eigenvalue weighted by Gasteiger charge is -2.24. The molecule has 104 valence electrons. The van der Waals surface area contributed by atoms with E-state index >= 15 is 0 Å². The highest BCUT2D eigenvalue weighted by molar-refractivity contribution is 5.84. The SMILES string of the molecule is CC(CC1CCCCC1)C(=O)NC(CF)C(=O)O. The van der Waals surface area contributed by atoms with Crippen molar-refractivity contribution in [3.63, 3.8) is 0 Å². The summed E-state index contributed by atoms with van der Waals surface area (Å²) in [6, 6.07) is -1.41. The average molecular weight is 259 g/mol. The molecule has 0 aromatic carbocycles. The lowest BCUT2D eigenvalue weighted by atomic mass is 9.83. The quantitative estimate of drug-likeness (QED) is 0.768. The molecule has 2 atom stereocenters. The van der Waals surface area contributed by atoms with Crippen LogP contribution in [0.25, 0.3) is 0 Å². The van der Waals surface area contributed by atoms with E-state index in [1.165, 1.54) is 19.3 Å². The summed E-state index contributed by atoms with van der Waals surface area (Å²) in [6.45, 7) is 0.707. The number of carbonyl (C=O) groups is 2. The third-order valence-electron chi connectivity index (χ3n) is 3.63. The molecule has 1 saturated carbocycles. The zero-order valence-corrected chi connectivity index (χ0v) is 10.8. The molecule has 0 aromatic heterocycles. The van der Waals surface area contributed by atoms with Gasteiger partial charge < -0.3 is 10.4 Å². The number of nitrogens with one attached hydrogen (secondary N) is 1. The van der Waals surface area contributed by atoms with Crippen molar-refractivity contribution in [3.05, 3.63) is 0 Å². The molecule has 1 rings (SSSR count). The molecule has 5 heteroatoms. The molecule has 1 aliphatic rings. The highest BCUT2D eigenvalue weighted by Gasteiger charge is 2.25. The Hall–Kier alpha value is -1.13. The van der Waals surface area contributed by atoms with E-state index in [0.717, 1.165) is 19.3 Å². The Bertz CT molecular complexity index is 290. The minimum atomic E-state index is -1.41. The van der Waals surface area contributed by atoms with E-state index in [1.807, 2.05) is 0 Å². The first kappa shape index (κ1) is 14.9. The third kappa shape index (κ3) is 4.63. The van der Waals surface area contributed by atoms with E-state index in [4.69, 9.17) is 5.11 Å². The number of halogens is 1. The van der Waals surface area contributed by atoms with Crippen LogP contribution in [0.2, 0.25) is 0 Å². The van der Waals surface area contributed by atoms with Gasteiger partial charge in [-0.15, -0.1) is 0 Å². The topological polar surface area (TPSA) is 66.4 Å². The molecule has 2 unspecified atom stereocenters. The van der Waals surface area contributed by atoms with E-state index in [2.05, 4.69) is 5.32 Å². The van der Waals surface area contributed by atoms with Crippen molar-refractivity contribution in [2.45, 2.75) is 51.5 Å². The van der Waals surface area contributed by atoms with Crippen LogP contribution in [0.5, 0.6) is 0 Å². The normalized spacial score (nSPS) is 20.1. The zero-order valence-electron chi connectivity index (χ0n) is 10.8. The van der Waals surface area contributed by atoms with Crippen LogP contribution in [-0.2, 0) is 9.59 Å². The molecule has 0 spiro atoms. The third-order valence-corrected chi connectivity index (χ3v) is 3.63.